The number of hydrogen-bond donors (Lipinski definition) is 1. The molecular weight excluding hydrogens is 198 g/mol. The minimum atomic E-state index is 0.0260. The van der Waals surface area contributed by atoms with Gasteiger partial charge in [-0.25, -0.2) is 0 Å². The molecular formula is C14H27NO. The summed E-state index contributed by atoms with van der Waals surface area (Å²) in [5, 5.41) is 3.70. The molecule has 0 aromatic carbocycles. The van der Waals surface area contributed by atoms with Gasteiger partial charge in [-0.3, -0.25) is 0 Å². The van der Waals surface area contributed by atoms with Gasteiger partial charge < -0.3 is 10.1 Å². The minimum Gasteiger partial charge on any atom is -0.369 e. The molecule has 0 saturated carbocycles. The Kier molecular flexibility index (Phi) is 3.09. The number of nitrogens with one attached hydrogen (secondary N) is 1. The molecule has 2 heteroatoms. The van der Waals surface area contributed by atoms with E-state index in [1.165, 1.54) is 25.8 Å². The largest absolute Gasteiger partial charge is 0.369 e. The van der Waals surface area contributed by atoms with Crippen LogP contribution in [0.5, 0.6) is 0 Å². The Labute approximate surface area is 100 Å². The van der Waals surface area contributed by atoms with E-state index >= 15 is 0 Å². The minimum absolute atomic E-state index is 0.0260. The zero-order valence-electron chi connectivity index (χ0n) is 11.5. The van der Waals surface area contributed by atoms with E-state index in [9.17, 15) is 0 Å². The molecule has 2 heterocycles. The SMILES string of the molecule is CC1CCNC(C2CC(C)(C)OC2(C)C)C1. The van der Waals surface area contributed by atoms with E-state index in [0.717, 1.165) is 5.92 Å². The van der Waals surface area contributed by atoms with Crippen LogP contribution in [0, 0.1) is 11.8 Å². The molecule has 0 spiro atoms. The van der Waals surface area contributed by atoms with Crippen molar-refractivity contribution in [3.63, 3.8) is 0 Å². The zero-order valence-corrected chi connectivity index (χ0v) is 11.5. The van der Waals surface area contributed by atoms with Gasteiger partial charge in [0.05, 0.1) is 11.2 Å². The Morgan fingerprint density at radius 2 is 1.88 bits per heavy atom. The van der Waals surface area contributed by atoms with Gasteiger partial charge in [0.15, 0.2) is 0 Å². The molecule has 0 aromatic heterocycles. The average molecular weight is 225 g/mol. The molecule has 0 radical (unpaired) electrons. The van der Waals surface area contributed by atoms with Crippen LogP contribution in [0.4, 0.5) is 0 Å². The molecule has 2 aliphatic rings. The molecule has 2 rings (SSSR count). The van der Waals surface area contributed by atoms with Crippen molar-refractivity contribution in [2.75, 3.05) is 6.54 Å². The van der Waals surface area contributed by atoms with Gasteiger partial charge in [-0.05, 0) is 59.4 Å². The Morgan fingerprint density at radius 1 is 1.19 bits per heavy atom. The van der Waals surface area contributed by atoms with Gasteiger partial charge in [0, 0.05) is 12.0 Å². The standard InChI is InChI=1S/C14H27NO/c1-10-6-7-15-12(8-10)11-9-13(2,3)16-14(11,4)5/h10-12,15H,6-9H2,1-5H3. The van der Waals surface area contributed by atoms with Gasteiger partial charge in [-0.2, -0.15) is 0 Å². The third-order valence-electron chi connectivity index (χ3n) is 4.33. The van der Waals surface area contributed by atoms with E-state index in [-0.39, 0.29) is 11.2 Å². The first kappa shape index (κ1) is 12.4. The van der Waals surface area contributed by atoms with Crippen LogP contribution >= 0.6 is 0 Å². The summed E-state index contributed by atoms with van der Waals surface area (Å²) in [4.78, 5) is 0. The maximum Gasteiger partial charge on any atom is 0.0677 e. The highest BCUT2D eigenvalue weighted by atomic mass is 16.5. The summed E-state index contributed by atoms with van der Waals surface area (Å²) in [6.07, 6.45) is 3.83. The van der Waals surface area contributed by atoms with E-state index in [0.29, 0.717) is 12.0 Å². The third-order valence-corrected chi connectivity index (χ3v) is 4.33. The lowest BCUT2D eigenvalue weighted by molar-refractivity contribution is -0.0788. The predicted molar refractivity (Wildman–Crippen MR) is 67.5 cm³/mol. The Bertz CT molecular complexity index is 259. The lowest BCUT2D eigenvalue weighted by atomic mass is 9.76. The molecule has 2 nitrogen and oxygen atoms in total. The molecule has 0 aliphatic carbocycles. The Hall–Kier alpha value is -0.0800. The molecule has 3 unspecified atom stereocenters. The number of hydrogen-bond acceptors (Lipinski definition) is 2. The monoisotopic (exact) mass is 225 g/mol. The summed E-state index contributed by atoms with van der Waals surface area (Å²) in [6.45, 7) is 12.5. The molecule has 3 atom stereocenters. The van der Waals surface area contributed by atoms with Crippen LogP contribution in [-0.2, 0) is 4.74 Å². The van der Waals surface area contributed by atoms with Crippen molar-refractivity contribution in [3.05, 3.63) is 0 Å². The van der Waals surface area contributed by atoms with Crippen LogP contribution in [0.2, 0.25) is 0 Å². The van der Waals surface area contributed by atoms with Gasteiger partial charge >= 0.3 is 0 Å². The topological polar surface area (TPSA) is 21.3 Å². The zero-order chi connectivity index (χ0) is 12.0. The highest BCUT2D eigenvalue weighted by Gasteiger charge is 2.49. The number of rotatable bonds is 1. The Balaban J connectivity index is 2.08. The lowest BCUT2D eigenvalue weighted by Crippen LogP contribution is -2.48. The van der Waals surface area contributed by atoms with Crippen LogP contribution in [0.15, 0.2) is 0 Å². The fraction of sp³-hybridized carbons (Fsp3) is 1.00. The first-order chi connectivity index (χ1) is 7.30. The summed E-state index contributed by atoms with van der Waals surface area (Å²) in [5.41, 5.74) is 0.0781. The fourth-order valence-corrected chi connectivity index (χ4v) is 3.69. The van der Waals surface area contributed by atoms with Crippen LogP contribution in [0.1, 0.15) is 53.9 Å². The molecule has 0 aromatic rings. The van der Waals surface area contributed by atoms with Gasteiger partial charge in [-0.15, -0.1) is 0 Å². The van der Waals surface area contributed by atoms with Crippen molar-refractivity contribution in [3.8, 4) is 0 Å². The summed E-state index contributed by atoms with van der Waals surface area (Å²) < 4.78 is 6.20. The summed E-state index contributed by atoms with van der Waals surface area (Å²) in [5.74, 6) is 1.52. The van der Waals surface area contributed by atoms with Crippen molar-refractivity contribution in [2.45, 2.75) is 71.1 Å². The smallest absolute Gasteiger partial charge is 0.0677 e. The van der Waals surface area contributed by atoms with Crippen molar-refractivity contribution >= 4 is 0 Å². The maximum atomic E-state index is 6.20. The van der Waals surface area contributed by atoms with Crippen molar-refractivity contribution in [1.82, 2.24) is 5.32 Å². The average Bonchev–Trinajstić information content (AvgIpc) is 2.34. The van der Waals surface area contributed by atoms with Crippen LogP contribution in [0.25, 0.3) is 0 Å². The molecule has 2 saturated heterocycles. The van der Waals surface area contributed by atoms with Crippen molar-refractivity contribution in [1.29, 1.82) is 0 Å². The second kappa shape index (κ2) is 3.99. The van der Waals surface area contributed by atoms with E-state index in [4.69, 9.17) is 4.74 Å². The third kappa shape index (κ3) is 2.43. The van der Waals surface area contributed by atoms with Gasteiger partial charge in [0.2, 0.25) is 0 Å². The Morgan fingerprint density at radius 3 is 2.38 bits per heavy atom. The summed E-state index contributed by atoms with van der Waals surface area (Å²) >= 11 is 0. The normalized spacial score (nSPS) is 42.2. The van der Waals surface area contributed by atoms with E-state index in [2.05, 4.69) is 39.9 Å². The molecule has 16 heavy (non-hydrogen) atoms. The summed E-state index contributed by atoms with van der Waals surface area (Å²) in [6, 6.07) is 0.653. The van der Waals surface area contributed by atoms with Gasteiger partial charge in [0.25, 0.3) is 0 Å². The highest BCUT2D eigenvalue weighted by Crippen LogP contribution is 2.45. The second-order valence-corrected chi connectivity index (χ2v) is 6.97. The van der Waals surface area contributed by atoms with Gasteiger partial charge in [0.1, 0.15) is 0 Å². The molecule has 2 fully saturated rings. The molecule has 0 bridgehead atoms. The van der Waals surface area contributed by atoms with Crippen LogP contribution < -0.4 is 5.32 Å². The first-order valence-electron chi connectivity index (χ1n) is 6.74. The molecule has 1 N–H and O–H groups in total. The van der Waals surface area contributed by atoms with E-state index < -0.39 is 0 Å². The second-order valence-electron chi connectivity index (χ2n) is 6.97. The number of ether oxygens (including phenoxy) is 1. The highest BCUT2D eigenvalue weighted by molar-refractivity contribution is 5.00. The maximum absolute atomic E-state index is 6.20. The first-order valence-corrected chi connectivity index (χ1v) is 6.74. The predicted octanol–water partition coefficient (Wildman–Crippen LogP) is 2.97. The fourth-order valence-electron chi connectivity index (χ4n) is 3.69. The molecule has 0 amide bonds. The van der Waals surface area contributed by atoms with E-state index in [1.807, 2.05) is 0 Å². The quantitative estimate of drug-likeness (QED) is 0.741. The van der Waals surface area contributed by atoms with E-state index in [1.54, 1.807) is 0 Å². The van der Waals surface area contributed by atoms with Crippen LogP contribution in [0.3, 0.4) is 0 Å². The van der Waals surface area contributed by atoms with Gasteiger partial charge in [-0.1, -0.05) is 6.92 Å². The molecule has 94 valence electrons. The van der Waals surface area contributed by atoms with Crippen molar-refractivity contribution < 1.29 is 4.74 Å². The summed E-state index contributed by atoms with van der Waals surface area (Å²) in [7, 11) is 0. The van der Waals surface area contributed by atoms with Crippen molar-refractivity contribution in [2.24, 2.45) is 11.8 Å². The lowest BCUT2D eigenvalue weighted by Gasteiger charge is -2.37. The molecule has 2 aliphatic heterocycles. The number of piperidine rings is 1. The van der Waals surface area contributed by atoms with Crippen LogP contribution in [-0.4, -0.2) is 23.8 Å².